The number of nitrogens with zero attached hydrogens (tertiary/aromatic N) is 3. The average Bonchev–Trinajstić information content (AvgIpc) is 3.15. The van der Waals surface area contributed by atoms with Crippen LogP contribution in [0.15, 0.2) is 30.3 Å². The van der Waals surface area contributed by atoms with Crippen molar-refractivity contribution in [3.05, 3.63) is 47.5 Å². The minimum atomic E-state index is -4.25. The van der Waals surface area contributed by atoms with Gasteiger partial charge >= 0.3 is 6.18 Å². The van der Waals surface area contributed by atoms with Gasteiger partial charge in [0.2, 0.25) is 5.91 Å². The van der Waals surface area contributed by atoms with Gasteiger partial charge in [-0.25, -0.2) is 0 Å². The van der Waals surface area contributed by atoms with Gasteiger partial charge in [0.05, 0.1) is 17.9 Å². The molecule has 1 aromatic carbocycles. The summed E-state index contributed by atoms with van der Waals surface area (Å²) < 4.78 is 46.4. The fourth-order valence-corrected chi connectivity index (χ4v) is 4.23. The van der Waals surface area contributed by atoms with Crippen LogP contribution in [0.25, 0.3) is 0 Å². The molecule has 1 fully saturated rings. The number of amides is 1. The number of fused-ring (bicyclic) bond motifs is 1. The van der Waals surface area contributed by atoms with E-state index >= 15 is 0 Å². The van der Waals surface area contributed by atoms with E-state index in [0.29, 0.717) is 37.7 Å². The molecule has 0 spiro atoms. The smallest absolute Gasteiger partial charge is 0.381 e. The molecule has 29 heavy (non-hydrogen) atoms. The summed E-state index contributed by atoms with van der Waals surface area (Å²) >= 11 is 0. The average molecular weight is 408 g/mol. The van der Waals surface area contributed by atoms with Crippen LogP contribution in [0, 0.1) is 5.92 Å². The second kappa shape index (κ2) is 7.78. The Morgan fingerprint density at radius 3 is 2.62 bits per heavy atom. The number of carbonyl (C=O) groups excluding carboxylic acids is 1. The molecule has 1 aromatic heterocycles. The maximum atomic E-state index is 13.2. The molecule has 2 aliphatic heterocycles. The molecule has 3 heterocycles. The van der Waals surface area contributed by atoms with Crippen LogP contribution < -0.4 is 5.32 Å². The topological polar surface area (TPSA) is 69.0 Å². The summed E-state index contributed by atoms with van der Waals surface area (Å²) in [7, 11) is 0. The van der Waals surface area contributed by atoms with Gasteiger partial charge in [0, 0.05) is 26.2 Å². The van der Waals surface area contributed by atoms with E-state index in [0.717, 1.165) is 5.56 Å². The first kappa shape index (κ1) is 19.9. The highest BCUT2D eigenvalue weighted by Gasteiger charge is 2.43. The number of aromatic nitrogens is 3. The summed E-state index contributed by atoms with van der Waals surface area (Å²) in [5.41, 5.74) is 0.208. The number of rotatable bonds is 4. The number of nitrogens with one attached hydrogen (secondary N) is 1. The molecule has 0 radical (unpaired) electrons. The van der Waals surface area contributed by atoms with Gasteiger partial charge in [-0.1, -0.05) is 30.3 Å². The zero-order valence-corrected chi connectivity index (χ0v) is 15.9. The minimum Gasteiger partial charge on any atom is -0.381 e. The Labute approximate surface area is 166 Å². The van der Waals surface area contributed by atoms with Crippen molar-refractivity contribution in [2.75, 3.05) is 13.2 Å². The molecule has 0 bridgehead atoms. The van der Waals surface area contributed by atoms with E-state index in [9.17, 15) is 18.0 Å². The van der Waals surface area contributed by atoms with Crippen molar-refractivity contribution < 1.29 is 22.7 Å². The Balaban J connectivity index is 1.51. The first-order chi connectivity index (χ1) is 13.9. The molecule has 4 rings (SSSR count). The molecule has 1 saturated heterocycles. The van der Waals surface area contributed by atoms with E-state index in [4.69, 9.17) is 4.74 Å². The number of carbonyl (C=O) groups is 1. The summed E-state index contributed by atoms with van der Waals surface area (Å²) in [5.74, 6) is -0.671. The fraction of sp³-hybridized carbons (Fsp3) is 0.550. The van der Waals surface area contributed by atoms with Gasteiger partial charge in [0.1, 0.15) is 5.82 Å². The van der Waals surface area contributed by atoms with Gasteiger partial charge in [-0.2, -0.15) is 13.2 Å². The normalized spacial score (nSPS) is 21.4. The minimum absolute atomic E-state index is 0.0190. The number of aryl methyl sites for hydroxylation is 1. The lowest BCUT2D eigenvalue weighted by molar-refractivity contribution is -0.182. The molecule has 1 atom stereocenters. The molecule has 0 saturated carbocycles. The third-order valence-electron chi connectivity index (χ3n) is 6.00. The van der Waals surface area contributed by atoms with Crippen LogP contribution in [0.3, 0.4) is 0 Å². The second-order valence-corrected chi connectivity index (χ2v) is 7.66. The molecule has 6 nitrogen and oxygen atoms in total. The summed E-state index contributed by atoms with van der Waals surface area (Å²) in [5, 5.41) is 10.9. The number of benzene rings is 1. The van der Waals surface area contributed by atoms with E-state index in [1.807, 2.05) is 30.3 Å². The Hall–Kier alpha value is -2.42. The quantitative estimate of drug-likeness (QED) is 0.845. The fourth-order valence-electron chi connectivity index (χ4n) is 4.23. The Morgan fingerprint density at radius 2 is 1.93 bits per heavy atom. The number of ether oxygens (including phenoxy) is 1. The zero-order chi connectivity index (χ0) is 20.5. The highest BCUT2D eigenvalue weighted by molar-refractivity contribution is 5.88. The standard InChI is InChI=1S/C20H23F3N4O2/c21-20(22,23)15-6-7-16-25-26-17(27(16)13-15)12-24-18(28)19(8-10-29-11-9-19)14-4-2-1-3-5-14/h1-5,15H,6-13H2,(H,24,28). The van der Waals surface area contributed by atoms with E-state index in [1.54, 1.807) is 0 Å². The van der Waals surface area contributed by atoms with Crippen LogP contribution in [0.5, 0.6) is 0 Å². The molecule has 1 amide bonds. The lowest BCUT2D eigenvalue weighted by atomic mass is 9.73. The van der Waals surface area contributed by atoms with Gasteiger partial charge in [0.15, 0.2) is 5.82 Å². The van der Waals surface area contributed by atoms with Crippen molar-refractivity contribution in [1.82, 2.24) is 20.1 Å². The van der Waals surface area contributed by atoms with Gasteiger partial charge in [-0.15, -0.1) is 10.2 Å². The van der Waals surface area contributed by atoms with Crippen molar-refractivity contribution in [3.63, 3.8) is 0 Å². The first-order valence-corrected chi connectivity index (χ1v) is 9.79. The van der Waals surface area contributed by atoms with Crippen LogP contribution in [-0.4, -0.2) is 40.1 Å². The molecular weight excluding hydrogens is 385 g/mol. The molecule has 1 N–H and O–H groups in total. The van der Waals surface area contributed by atoms with Gasteiger partial charge in [-0.05, 0) is 24.8 Å². The van der Waals surface area contributed by atoms with Crippen molar-refractivity contribution in [2.24, 2.45) is 5.92 Å². The van der Waals surface area contributed by atoms with Crippen molar-refractivity contribution in [3.8, 4) is 0 Å². The van der Waals surface area contributed by atoms with E-state index in [2.05, 4.69) is 15.5 Å². The molecular formula is C20H23F3N4O2. The Morgan fingerprint density at radius 1 is 1.21 bits per heavy atom. The molecule has 2 aliphatic rings. The highest BCUT2D eigenvalue weighted by atomic mass is 19.4. The van der Waals surface area contributed by atoms with Crippen molar-refractivity contribution >= 4 is 5.91 Å². The Bertz CT molecular complexity index is 860. The third kappa shape index (κ3) is 3.88. The molecule has 0 aliphatic carbocycles. The maximum Gasteiger partial charge on any atom is 0.393 e. The van der Waals surface area contributed by atoms with E-state index in [1.165, 1.54) is 4.57 Å². The van der Waals surface area contributed by atoms with E-state index < -0.39 is 17.5 Å². The van der Waals surface area contributed by atoms with Crippen LogP contribution in [-0.2, 0) is 34.5 Å². The summed E-state index contributed by atoms with van der Waals surface area (Å²) in [6.45, 7) is 0.812. The molecule has 2 aromatic rings. The second-order valence-electron chi connectivity index (χ2n) is 7.66. The predicted octanol–water partition coefficient (Wildman–Crippen LogP) is 2.77. The number of hydrogen-bond donors (Lipinski definition) is 1. The van der Waals surface area contributed by atoms with Gasteiger partial charge in [0.25, 0.3) is 0 Å². The summed E-state index contributed by atoms with van der Waals surface area (Å²) in [6, 6.07) is 9.54. The lowest BCUT2D eigenvalue weighted by Crippen LogP contribution is -2.48. The van der Waals surface area contributed by atoms with Crippen LogP contribution in [0.2, 0.25) is 0 Å². The van der Waals surface area contributed by atoms with Gasteiger partial charge < -0.3 is 14.6 Å². The summed E-state index contributed by atoms with van der Waals surface area (Å²) in [4.78, 5) is 13.2. The van der Waals surface area contributed by atoms with Crippen LogP contribution in [0.1, 0.15) is 36.5 Å². The monoisotopic (exact) mass is 408 g/mol. The maximum absolute atomic E-state index is 13.2. The number of halogens is 3. The third-order valence-corrected chi connectivity index (χ3v) is 6.00. The lowest BCUT2D eigenvalue weighted by Gasteiger charge is -2.36. The number of hydrogen-bond acceptors (Lipinski definition) is 4. The van der Waals surface area contributed by atoms with Gasteiger partial charge in [-0.3, -0.25) is 4.79 Å². The molecule has 9 heteroatoms. The predicted molar refractivity (Wildman–Crippen MR) is 97.9 cm³/mol. The SMILES string of the molecule is O=C(NCc1nnc2n1CC(C(F)(F)F)CC2)C1(c2ccccc2)CCOCC1. The van der Waals surface area contributed by atoms with Crippen molar-refractivity contribution in [2.45, 2.75) is 50.4 Å². The largest absolute Gasteiger partial charge is 0.393 e. The molecule has 156 valence electrons. The number of alkyl halides is 3. The zero-order valence-electron chi connectivity index (χ0n) is 15.9. The highest BCUT2D eigenvalue weighted by Crippen LogP contribution is 2.36. The van der Waals surface area contributed by atoms with E-state index in [-0.39, 0.29) is 31.8 Å². The van der Waals surface area contributed by atoms with Crippen molar-refractivity contribution in [1.29, 1.82) is 0 Å². The van der Waals surface area contributed by atoms with Crippen LogP contribution >= 0.6 is 0 Å². The van der Waals surface area contributed by atoms with Crippen LogP contribution in [0.4, 0.5) is 13.2 Å². The Kier molecular flexibility index (Phi) is 5.33. The molecule has 1 unspecified atom stereocenters. The summed E-state index contributed by atoms with van der Waals surface area (Å²) in [6.07, 6.45) is -2.89. The first-order valence-electron chi connectivity index (χ1n) is 9.79.